The highest BCUT2D eigenvalue weighted by molar-refractivity contribution is 5.39. The van der Waals surface area contributed by atoms with Crippen LogP contribution < -0.4 is 4.74 Å². The minimum absolute atomic E-state index is 0.274. The second-order valence-electron chi connectivity index (χ2n) is 4.31. The van der Waals surface area contributed by atoms with Crippen LogP contribution >= 0.6 is 0 Å². The summed E-state index contributed by atoms with van der Waals surface area (Å²) in [4.78, 5) is 0. The van der Waals surface area contributed by atoms with Crippen LogP contribution in [0.25, 0.3) is 0 Å². The van der Waals surface area contributed by atoms with Gasteiger partial charge in [-0.2, -0.15) is 0 Å². The van der Waals surface area contributed by atoms with Crippen LogP contribution in [0.4, 0.5) is 0 Å². The maximum atomic E-state index is 5.79. The molecule has 94 valence electrons. The summed E-state index contributed by atoms with van der Waals surface area (Å²) in [5.41, 5.74) is 0.875. The molecular weight excluding hydrogens is 220 g/mol. The molecule has 0 saturated heterocycles. The first kappa shape index (κ1) is 14.2. The van der Waals surface area contributed by atoms with E-state index < -0.39 is 0 Å². The molecule has 0 aliphatic carbocycles. The van der Waals surface area contributed by atoms with E-state index in [9.17, 15) is 0 Å². The quantitative estimate of drug-likeness (QED) is 0.712. The SMILES string of the molecule is C#CC(CC#CC)(CCC)c1ccc(OC)cc1. The first-order valence-corrected chi connectivity index (χ1v) is 6.24. The minimum atomic E-state index is -0.274. The molecule has 0 saturated carbocycles. The number of hydrogen-bond acceptors (Lipinski definition) is 1. The lowest BCUT2D eigenvalue weighted by Gasteiger charge is -2.26. The third kappa shape index (κ3) is 3.08. The molecule has 0 radical (unpaired) electrons. The maximum absolute atomic E-state index is 5.79. The molecule has 0 amide bonds. The molecule has 1 nitrogen and oxygen atoms in total. The lowest BCUT2D eigenvalue weighted by Crippen LogP contribution is -2.23. The maximum Gasteiger partial charge on any atom is 0.118 e. The molecule has 18 heavy (non-hydrogen) atoms. The minimum Gasteiger partial charge on any atom is -0.497 e. The second-order valence-corrected chi connectivity index (χ2v) is 4.31. The summed E-state index contributed by atoms with van der Waals surface area (Å²) in [5, 5.41) is 0. The number of ether oxygens (including phenoxy) is 1. The van der Waals surface area contributed by atoms with Crippen molar-refractivity contribution in [1.29, 1.82) is 0 Å². The Kier molecular flexibility index (Phi) is 5.34. The van der Waals surface area contributed by atoms with Gasteiger partial charge in [0.05, 0.1) is 12.5 Å². The Balaban J connectivity index is 3.13. The average Bonchev–Trinajstić information content (AvgIpc) is 2.44. The fourth-order valence-corrected chi connectivity index (χ4v) is 2.12. The van der Waals surface area contributed by atoms with Crippen LogP contribution in [0.2, 0.25) is 0 Å². The van der Waals surface area contributed by atoms with Gasteiger partial charge < -0.3 is 4.74 Å². The van der Waals surface area contributed by atoms with Crippen LogP contribution in [-0.2, 0) is 5.41 Å². The van der Waals surface area contributed by atoms with Gasteiger partial charge in [-0.05, 0) is 31.0 Å². The van der Waals surface area contributed by atoms with E-state index in [1.165, 1.54) is 0 Å². The molecule has 0 N–H and O–H groups in total. The molecule has 1 rings (SSSR count). The van der Waals surface area contributed by atoms with Crippen LogP contribution in [-0.4, -0.2) is 7.11 Å². The van der Waals surface area contributed by atoms with Crippen molar-refractivity contribution in [1.82, 2.24) is 0 Å². The van der Waals surface area contributed by atoms with Gasteiger partial charge >= 0.3 is 0 Å². The fourth-order valence-electron chi connectivity index (χ4n) is 2.12. The van der Waals surface area contributed by atoms with Crippen LogP contribution in [0.1, 0.15) is 38.7 Å². The largest absolute Gasteiger partial charge is 0.497 e. The molecule has 0 bridgehead atoms. The Morgan fingerprint density at radius 2 is 1.94 bits per heavy atom. The predicted octanol–water partition coefficient (Wildman–Crippen LogP) is 3.78. The molecule has 0 aromatic heterocycles. The molecule has 1 unspecified atom stereocenters. The lowest BCUT2D eigenvalue weighted by atomic mass is 9.75. The van der Waals surface area contributed by atoms with Crippen molar-refractivity contribution in [2.75, 3.05) is 7.11 Å². The monoisotopic (exact) mass is 240 g/mol. The summed E-state index contributed by atoms with van der Waals surface area (Å²) >= 11 is 0. The molecular formula is C17H20O. The van der Waals surface area contributed by atoms with Crippen LogP contribution in [0.5, 0.6) is 5.75 Å². The second kappa shape index (κ2) is 6.77. The summed E-state index contributed by atoms with van der Waals surface area (Å²) < 4.78 is 5.18. The molecule has 0 fully saturated rings. The number of terminal acetylenes is 1. The van der Waals surface area contributed by atoms with Crippen molar-refractivity contribution in [2.24, 2.45) is 0 Å². The van der Waals surface area contributed by atoms with E-state index in [2.05, 4.69) is 24.7 Å². The summed E-state index contributed by atoms with van der Waals surface area (Å²) in [6.45, 7) is 4.00. The lowest BCUT2D eigenvalue weighted by molar-refractivity contribution is 0.414. The Morgan fingerprint density at radius 1 is 1.28 bits per heavy atom. The zero-order valence-electron chi connectivity index (χ0n) is 11.4. The Labute approximate surface area is 111 Å². The first-order valence-electron chi connectivity index (χ1n) is 6.24. The average molecular weight is 240 g/mol. The molecule has 0 aliphatic rings. The summed E-state index contributed by atoms with van der Waals surface area (Å²) in [6, 6.07) is 8.00. The van der Waals surface area contributed by atoms with Crippen molar-refractivity contribution in [3.8, 4) is 29.9 Å². The number of hydrogen-bond donors (Lipinski definition) is 0. The van der Waals surface area contributed by atoms with Crippen LogP contribution in [0, 0.1) is 24.2 Å². The molecule has 1 aromatic carbocycles. The van der Waals surface area contributed by atoms with E-state index in [1.807, 2.05) is 31.2 Å². The summed E-state index contributed by atoms with van der Waals surface area (Å²) in [7, 11) is 1.66. The normalized spacial score (nSPS) is 12.8. The van der Waals surface area contributed by atoms with Gasteiger partial charge in [0, 0.05) is 6.42 Å². The van der Waals surface area contributed by atoms with E-state index in [0.717, 1.165) is 24.2 Å². The van der Waals surface area contributed by atoms with Crippen molar-refractivity contribution in [3.05, 3.63) is 29.8 Å². The van der Waals surface area contributed by atoms with E-state index >= 15 is 0 Å². The summed E-state index contributed by atoms with van der Waals surface area (Å²) in [5.74, 6) is 9.88. The Morgan fingerprint density at radius 3 is 2.39 bits per heavy atom. The van der Waals surface area contributed by atoms with E-state index in [1.54, 1.807) is 7.11 Å². The zero-order chi connectivity index (χ0) is 13.4. The number of rotatable bonds is 5. The van der Waals surface area contributed by atoms with Gasteiger partial charge in [0.15, 0.2) is 0 Å². The van der Waals surface area contributed by atoms with Crippen LogP contribution in [0.15, 0.2) is 24.3 Å². The smallest absolute Gasteiger partial charge is 0.118 e. The Hall–Kier alpha value is -1.86. The van der Waals surface area contributed by atoms with Gasteiger partial charge in [-0.15, -0.1) is 18.3 Å². The first-order chi connectivity index (χ1) is 8.72. The van der Waals surface area contributed by atoms with E-state index in [4.69, 9.17) is 11.2 Å². The van der Waals surface area contributed by atoms with Crippen molar-refractivity contribution in [3.63, 3.8) is 0 Å². The van der Waals surface area contributed by atoms with Crippen molar-refractivity contribution < 1.29 is 4.74 Å². The highest BCUT2D eigenvalue weighted by Crippen LogP contribution is 2.33. The molecule has 1 atom stereocenters. The predicted molar refractivity (Wildman–Crippen MR) is 76.5 cm³/mol. The highest BCUT2D eigenvalue weighted by atomic mass is 16.5. The number of benzene rings is 1. The molecule has 0 aliphatic heterocycles. The Bertz CT molecular complexity index is 467. The highest BCUT2D eigenvalue weighted by Gasteiger charge is 2.28. The van der Waals surface area contributed by atoms with E-state index in [0.29, 0.717) is 6.42 Å². The third-order valence-corrected chi connectivity index (χ3v) is 3.16. The standard InChI is InChI=1S/C17H20O/c1-5-8-14-17(7-3,13-6-2)15-9-11-16(18-4)12-10-15/h3,9-12H,6,13-14H2,1-2,4H3. The number of methoxy groups -OCH3 is 1. The van der Waals surface area contributed by atoms with Gasteiger partial charge in [-0.1, -0.05) is 31.4 Å². The topological polar surface area (TPSA) is 9.23 Å². The zero-order valence-corrected chi connectivity index (χ0v) is 11.4. The third-order valence-electron chi connectivity index (χ3n) is 3.16. The van der Waals surface area contributed by atoms with Gasteiger partial charge in [-0.25, -0.2) is 0 Å². The van der Waals surface area contributed by atoms with Gasteiger partial charge in [0.1, 0.15) is 5.75 Å². The molecule has 0 spiro atoms. The fraction of sp³-hybridized carbons (Fsp3) is 0.412. The van der Waals surface area contributed by atoms with Gasteiger partial charge in [0.2, 0.25) is 0 Å². The van der Waals surface area contributed by atoms with Crippen LogP contribution in [0.3, 0.4) is 0 Å². The summed E-state index contributed by atoms with van der Waals surface area (Å²) in [6.07, 6.45) is 8.49. The van der Waals surface area contributed by atoms with Crippen molar-refractivity contribution >= 4 is 0 Å². The van der Waals surface area contributed by atoms with Crippen molar-refractivity contribution in [2.45, 2.75) is 38.5 Å². The van der Waals surface area contributed by atoms with Gasteiger partial charge in [0.25, 0.3) is 0 Å². The van der Waals surface area contributed by atoms with Gasteiger partial charge in [-0.3, -0.25) is 0 Å². The molecule has 1 aromatic rings. The van der Waals surface area contributed by atoms with E-state index in [-0.39, 0.29) is 5.41 Å². The molecule has 1 heteroatoms. The molecule has 0 heterocycles.